The Labute approximate surface area is 173 Å². The van der Waals surface area contributed by atoms with E-state index in [-0.39, 0.29) is 11.7 Å². The molecular weight excluding hydrogens is 397 g/mol. The molecule has 2 aromatic rings. The lowest BCUT2D eigenvalue weighted by Crippen LogP contribution is -2.62. The highest BCUT2D eigenvalue weighted by molar-refractivity contribution is 6.31. The number of benzene rings is 2. The highest BCUT2D eigenvalue weighted by atomic mass is 35.5. The maximum atomic E-state index is 13.9. The lowest BCUT2D eigenvalue weighted by atomic mass is 10.00. The van der Waals surface area contributed by atoms with Gasteiger partial charge in [0.15, 0.2) is 0 Å². The molecule has 152 valence electrons. The smallest absolute Gasteiger partial charge is 0.278 e. The molecule has 2 amide bonds. The SMILES string of the molecule is CC1(C(=O)N2CCN(Cc3ccccc3F)CC2)Oc2ccc(Cl)cc2NC1=O. The van der Waals surface area contributed by atoms with Gasteiger partial charge in [-0.1, -0.05) is 29.8 Å². The van der Waals surface area contributed by atoms with Crippen LogP contribution in [0.5, 0.6) is 5.75 Å². The Hall–Kier alpha value is -2.64. The number of ether oxygens (including phenoxy) is 1. The van der Waals surface area contributed by atoms with Gasteiger partial charge in [0.25, 0.3) is 17.4 Å². The molecule has 1 unspecified atom stereocenters. The first kappa shape index (κ1) is 19.7. The number of halogens is 2. The molecule has 0 radical (unpaired) electrons. The fourth-order valence-corrected chi connectivity index (χ4v) is 3.79. The van der Waals surface area contributed by atoms with E-state index in [2.05, 4.69) is 10.2 Å². The van der Waals surface area contributed by atoms with Crippen molar-refractivity contribution < 1.29 is 18.7 Å². The van der Waals surface area contributed by atoms with Crippen LogP contribution in [0.4, 0.5) is 10.1 Å². The number of fused-ring (bicyclic) bond motifs is 1. The molecule has 2 heterocycles. The van der Waals surface area contributed by atoms with E-state index in [9.17, 15) is 14.0 Å². The van der Waals surface area contributed by atoms with Crippen molar-refractivity contribution >= 4 is 29.1 Å². The van der Waals surface area contributed by atoms with Crippen LogP contribution in [-0.2, 0) is 16.1 Å². The van der Waals surface area contributed by atoms with Crippen molar-refractivity contribution in [3.05, 3.63) is 58.9 Å². The zero-order valence-electron chi connectivity index (χ0n) is 16.0. The molecule has 0 aliphatic carbocycles. The molecule has 0 saturated carbocycles. The van der Waals surface area contributed by atoms with Gasteiger partial charge in [-0.2, -0.15) is 0 Å². The number of piperazine rings is 1. The van der Waals surface area contributed by atoms with E-state index < -0.39 is 11.5 Å². The summed E-state index contributed by atoms with van der Waals surface area (Å²) in [5.74, 6) is -0.736. The van der Waals surface area contributed by atoms with E-state index in [1.54, 1.807) is 35.2 Å². The first-order valence-electron chi connectivity index (χ1n) is 9.42. The quantitative estimate of drug-likeness (QED) is 0.780. The van der Waals surface area contributed by atoms with E-state index in [0.717, 1.165) is 0 Å². The summed E-state index contributed by atoms with van der Waals surface area (Å²) in [4.78, 5) is 29.5. The summed E-state index contributed by atoms with van der Waals surface area (Å²) in [5.41, 5.74) is -0.568. The molecule has 2 aromatic carbocycles. The van der Waals surface area contributed by atoms with Gasteiger partial charge in [-0.25, -0.2) is 4.39 Å². The van der Waals surface area contributed by atoms with Gasteiger partial charge in [-0.3, -0.25) is 14.5 Å². The van der Waals surface area contributed by atoms with Gasteiger partial charge in [0.05, 0.1) is 5.69 Å². The summed E-state index contributed by atoms with van der Waals surface area (Å²) < 4.78 is 19.7. The standard InChI is InChI=1S/C21H21ClFN3O3/c1-21(19(27)24-17-12-15(22)6-7-18(17)29-21)20(28)26-10-8-25(9-11-26)13-14-4-2-3-5-16(14)23/h2-7,12H,8-11,13H2,1H3,(H,24,27). The molecule has 2 aliphatic rings. The molecule has 1 fully saturated rings. The molecule has 4 rings (SSSR count). The summed E-state index contributed by atoms with van der Waals surface area (Å²) in [6.07, 6.45) is 0. The van der Waals surface area contributed by atoms with Crippen molar-refractivity contribution in [2.45, 2.75) is 19.1 Å². The minimum atomic E-state index is -1.64. The summed E-state index contributed by atoms with van der Waals surface area (Å²) in [7, 11) is 0. The highest BCUT2D eigenvalue weighted by Gasteiger charge is 2.49. The van der Waals surface area contributed by atoms with Crippen molar-refractivity contribution in [1.82, 2.24) is 9.80 Å². The Morgan fingerprint density at radius 3 is 2.66 bits per heavy atom. The monoisotopic (exact) mass is 417 g/mol. The van der Waals surface area contributed by atoms with Crippen molar-refractivity contribution in [1.29, 1.82) is 0 Å². The van der Waals surface area contributed by atoms with Crippen LogP contribution in [0.2, 0.25) is 5.02 Å². The van der Waals surface area contributed by atoms with Gasteiger partial charge < -0.3 is 15.0 Å². The Morgan fingerprint density at radius 1 is 1.21 bits per heavy atom. The minimum absolute atomic E-state index is 0.232. The largest absolute Gasteiger partial charge is 0.466 e. The maximum Gasteiger partial charge on any atom is 0.278 e. The summed E-state index contributed by atoms with van der Waals surface area (Å²) in [5, 5.41) is 3.18. The van der Waals surface area contributed by atoms with Crippen LogP contribution >= 0.6 is 11.6 Å². The van der Waals surface area contributed by atoms with Crippen LogP contribution in [0.3, 0.4) is 0 Å². The normalized spacial score (nSPS) is 21.9. The van der Waals surface area contributed by atoms with Gasteiger partial charge in [-0.15, -0.1) is 0 Å². The van der Waals surface area contributed by atoms with Crippen LogP contribution < -0.4 is 10.1 Å². The van der Waals surface area contributed by atoms with Gasteiger partial charge in [-0.05, 0) is 31.2 Å². The average Bonchev–Trinajstić information content (AvgIpc) is 2.71. The molecule has 0 bridgehead atoms. The molecule has 29 heavy (non-hydrogen) atoms. The van der Waals surface area contributed by atoms with Crippen LogP contribution in [0.15, 0.2) is 42.5 Å². The molecule has 1 N–H and O–H groups in total. The second-order valence-electron chi connectivity index (χ2n) is 7.39. The zero-order chi connectivity index (χ0) is 20.6. The number of anilines is 1. The summed E-state index contributed by atoms with van der Waals surface area (Å²) in [6, 6.07) is 11.5. The molecule has 0 spiro atoms. The number of nitrogens with one attached hydrogen (secondary N) is 1. The van der Waals surface area contributed by atoms with E-state index >= 15 is 0 Å². The number of amides is 2. The topological polar surface area (TPSA) is 61.9 Å². The fraction of sp³-hybridized carbons (Fsp3) is 0.333. The number of carbonyl (C=O) groups is 2. The highest BCUT2D eigenvalue weighted by Crippen LogP contribution is 2.36. The lowest BCUT2D eigenvalue weighted by molar-refractivity contribution is -0.155. The van der Waals surface area contributed by atoms with Gasteiger partial charge >= 0.3 is 0 Å². The van der Waals surface area contributed by atoms with Crippen molar-refractivity contribution in [2.24, 2.45) is 0 Å². The van der Waals surface area contributed by atoms with Crippen molar-refractivity contribution in [2.75, 3.05) is 31.5 Å². The third-order valence-corrected chi connectivity index (χ3v) is 5.59. The van der Waals surface area contributed by atoms with E-state index in [0.29, 0.717) is 54.7 Å². The third kappa shape index (κ3) is 3.80. The molecule has 1 saturated heterocycles. The van der Waals surface area contributed by atoms with Crippen LogP contribution in [0.1, 0.15) is 12.5 Å². The van der Waals surface area contributed by atoms with Gasteiger partial charge in [0, 0.05) is 43.3 Å². The minimum Gasteiger partial charge on any atom is -0.466 e. The Balaban J connectivity index is 1.42. The Morgan fingerprint density at radius 2 is 1.93 bits per heavy atom. The molecule has 0 aromatic heterocycles. The number of nitrogens with zero attached hydrogens (tertiary/aromatic N) is 2. The van der Waals surface area contributed by atoms with Crippen LogP contribution in [0.25, 0.3) is 0 Å². The Bertz CT molecular complexity index is 962. The Kier molecular flexibility index (Phi) is 5.19. The molecule has 8 heteroatoms. The second-order valence-corrected chi connectivity index (χ2v) is 7.83. The summed E-state index contributed by atoms with van der Waals surface area (Å²) >= 11 is 5.95. The molecule has 6 nitrogen and oxygen atoms in total. The number of hydrogen-bond donors (Lipinski definition) is 1. The van der Waals surface area contributed by atoms with Crippen LogP contribution in [0, 0.1) is 5.82 Å². The van der Waals surface area contributed by atoms with E-state index in [1.165, 1.54) is 13.0 Å². The first-order valence-corrected chi connectivity index (χ1v) is 9.80. The van der Waals surface area contributed by atoms with E-state index in [1.807, 2.05) is 6.07 Å². The summed E-state index contributed by atoms with van der Waals surface area (Å²) in [6.45, 7) is 4.01. The van der Waals surface area contributed by atoms with Crippen molar-refractivity contribution in [3.63, 3.8) is 0 Å². The first-order chi connectivity index (χ1) is 13.9. The predicted molar refractivity (Wildman–Crippen MR) is 107 cm³/mol. The fourth-order valence-electron chi connectivity index (χ4n) is 3.62. The second kappa shape index (κ2) is 7.65. The van der Waals surface area contributed by atoms with E-state index in [4.69, 9.17) is 16.3 Å². The number of rotatable bonds is 3. The molecule has 1 atom stereocenters. The third-order valence-electron chi connectivity index (χ3n) is 5.36. The van der Waals surface area contributed by atoms with Gasteiger partial charge in [0.2, 0.25) is 0 Å². The zero-order valence-corrected chi connectivity index (χ0v) is 16.7. The lowest BCUT2D eigenvalue weighted by Gasteiger charge is -2.40. The number of hydrogen-bond acceptors (Lipinski definition) is 4. The molecule has 2 aliphatic heterocycles. The van der Waals surface area contributed by atoms with Gasteiger partial charge in [0.1, 0.15) is 11.6 Å². The van der Waals surface area contributed by atoms with Crippen LogP contribution in [-0.4, -0.2) is 53.4 Å². The predicted octanol–water partition coefficient (Wildman–Crippen LogP) is 2.91. The van der Waals surface area contributed by atoms with Crippen molar-refractivity contribution in [3.8, 4) is 5.75 Å². The molecular formula is C21H21ClFN3O3. The average molecular weight is 418 g/mol. The number of carbonyl (C=O) groups excluding carboxylic acids is 2. The maximum absolute atomic E-state index is 13.9.